The minimum Gasteiger partial charge on any atom is -0.330 e. The van der Waals surface area contributed by atoms with Crippen molar-refractivity contribution in [1.82, 2.24) is 10.2 Å². The van der Waals surface area contributed by atoms with Crippen molar-refractivity contribution >= 4 is 43.7 Å². The van der Waals surface area contributed by atoms with E-state index in [0.29, 0.717) is 0 Å². The van der Waals surface area contributed by atoms with Crippen LogP contribution < -0.4 is 5.32 Å². The summed E-state index contributed by atoms with van der Waals surface area (Å²) in [5.74, 6) is 1.17. The normalized spacial score (nSPS) is 10.5. The highest BCUT2D eigenvalue weighted by Gasteiger charge is 2.05. The Kier molecular flexibility index (Phi) is 5.83. The molecule has 3 nitrogen and oxygen atoms in total. The van der Waals surface area contributed by atoms with Gasteiger partial charge >= 0.3 is 0 Å². The first-order valence-electron chi connectivity index (χ1n) is 5.83. The van der Waals surface area contributed by atoms with Gasteiger partial charge in [-0.15, -0.1) is 10.2 Å². The second-order valence-electron chi connectivity index (χ2n) is 3.62. The average molecular weight is 297 g/mol. The molecule has 0 saturated heterocycles. The van der Waals surface area contributed by atoms with Crippen molar-refractivity contribution in [3.05, 3.63) is 30.3 Å². The monoisotopic (exact) mass is 297 g/mol. The molecule has 1 aromatic carbocycles. The molecule has 0 aliphatic carbocycles. The van der Waals surface area contributed by atoms with Crippen LogP contribution in [0.5, 0.6) is 0 Å². The first-order chi connectivity index (χ1) is 8.88. The second-order valence-corrected chi connectivity index (χ2v) is 7.26. The van der Waals surface area contributed by atoms with Crippen molar-refractivity contribution < 1.29 is 0 Å². The Morgan fingerprint density at radius 2 is 2.06 bits per heavy atom. The van der Waals surface area contributed by atoms with Crippen LogP contribution >= 0.6 is 32.9 Å². The molecule has 0 bridgehead atoms. The molecule has 2 rings (SSSR count). The van der Waals surface area contributed by atoms with Gasteiger partial charge in [-0.25, -0.2) is 0 Å². The van der Waals surface area contributed by atoms with Gasteiger partial charge < -0.3 is 5.32 Å². The van der Waals surface area contributed by atoms with E-state index in [1.807, 2.05) is 41.1 Å². The van der Waals surface area contributed by atoms with Gasteiger partial charge in [-0.05, 0) is 29.3 Å². The molecule has 0 radical (unpaired) electrons. The highest BCUT2D eigenvalue weighted by atomic mass is 33.1. The summed E-state index contributed by atoms with van der Waals surface area (Å²) < 4.78 is 1.01. The Labute approximate surface area is 119 Å². The van der Waals surface area contributed by atoms with Crippen molar-refractivity contribution in [2.24, 2.45) is 0 Å². The van der Waals surface area contributed by atoms with Gasteiger partial charge in [0.2, 0.25) is 5.13 Å². The summed E-state index contributed by atoms with van der Waals surface area (Å²) in [6.45, 7) is 2.21. The van der Waals surface area contributed by atoms with Gasteiger partial charge in [0.05, 0.1) is 0 Å². The molecule has 1 N–H and O–H groups in total. The highest BCUT2D eigenvalue weighted by Crippen LogP contribution is 2.35. The van der Waals surface area contributed by atoms with Crippen molar-refractivity contribution in [3.63, 3.8) is 0 Å². The van der Waals surface area contributed by atoms with Crippen LogP contribution in [0.1, 0.15) is 19.8 Å². The molecule has 0 saturated carbocycles. The smallest absolute Gasteiger partial charge is 0.210 e. The molecular formula is C12H15N3S3. The van der Waals surface area contributed by atoms with Gasteiger partial charge in [-0.3, -0.25) is 0 Å². The predicted molar refractivity (Wildman–Crippen MR) is 82.9 cm³/mol. The van der Waals surface area contributed by atoms with Gasteiger partial charge in [-0.1, -0.05) is 53.7 Å². The molecule has 6 heteroatoms. The molecular weight excluding hydrogens is 282 g/mol. The second kappa shape index (κ2) is 7.66. The number of nitrogens with one attached hydrogen (secondary N) is 1. The van der Waals surface area contributed by atoms with Crippen molar-refractivity contribution in [2.45, 2.75) is 24.1 Å². The zero-order chi connectivity index (χ0) is 12.6. The number of hydrogen-bond donors (Lipinski definition) is 1. The Morgan fingerprint density at radius 1 is 1.22 bits per heavy atom. The first-order valence-corrected chi connectivity index (χ1v) is 8.97. The first kappa shape index (κ1) is 13.7. The average Bonchev–Trinajstić information content (AvgIpc) is 2.84. The molecule has 0 aliphatic rings. The van der Waals surface area contributed by atoms with Crippen molar-refractivity contribution in [3.8, 4) is 0 Å². The summed E-state index contributed by atoms with van der Waals surface area (Å²) >= 11 is 1.59. The van der Waals surface area contributed by atoms with Crippen molar-refractivity contribution in [2.75, 3.05) is 11.1 Å². The third-order valence-corrected chi connectivity index (χ3v) is 5.72. The van der Waals surface area contributed by atoms with Crippen LogP contribution in [-0.2, 0) is 0 Å². The summed E-state index contributed by atoms with van der Waals surface area (Å²) in [7, 11) is 3.56. The van der Waals surface area contributed by atoms with E-state index in [1.165, 1.54) is 18.6 Å². The van der Waals surface area contributed by atoms with Crippen LogP contribution in [0.3, 0.4) is 0 Å². The minimum absolute atomic E-state index is 0.847. The van der Waals surface area contributed by atoms with Crippen LogP contribution in [0.15, 0.2) is 34.7 Å². The van der Waals surface area contributed by atoms with E-state index in [-0.39, 0.29) is 0 Å². The van der Waals surface area contributed by atoms with Gasteiger partial charge in [0.25, 0.3) is 0 Å². The molecule has 1 heterocycles. The van der Waals surface area contributed by atoms with Gasteiger partial charge in [-0.2, -0.15) is 0 Å². The lowest BCUT2D eigenvalue weighted by molar-refractivity contribution is 0.898. The number of anilines is 2. The predicted octanol–water partition coefficient (Wildman–Crippen LogP) is 4.82. The summed E-state index contributed by atoms with van der Waals surface area (Å²) in [6, 6.07) is 10.0. The standard InChI is InChI=1S/C12H15N3S3/c1-2-3-9-16-18-12-15-14-11(17-12)13-10-7-5-4-6-8-10/h4-8H,2-3,9H2,1H3,(H,13,14). The fourth-order valence-corrected chi connectivity index (χ4v) is 4.51. The molecule has 0 amide bonds. The third kappa shape index (κ3) is 4.51. The molecule has 0 fully saturated rings. The summed E-state index contributed by atoms with van der Waals surface area (Å²) in [5.41, 5.74) is 1.05. The Balaban J connectivity index is 1.83. The van der Waals surface area contributed by atoms with Gasteiger partial charge in [0, 0.05) is 11.4 Å². The number of benzene rings is 1. The number of unbranched alkanes of at least 4 members (excludes halogenated alkanes) is 1. The van der Waals surface area contributed by atoms with E-state index in [4.69, 9.17) is 0 Å². The largest absolute Gasteiger partial charge is 0.330 e. The van der Waals surface area contributed by atoms with Crippen molar-refractivity contribution in [1.29, 1.82) is 0 Å². The molecule has 0 atom stereocenters. The topological polar surface area (TPSA) is 37.8 Å². The van der Waals surface area contributed by atoms with E-state index in [9.17, 15) is 0 Å². The van der Waals surface area contributed by atoms with Crippen LogP contribution in [0, 0.1) is 0 Å². The number of nitrogens with zero attached hydrogens (tertiary/aromatic N) is 2. The lowest BCUT2D eigenvalue weighted by atomic mass is 10.3. The maximum Gasteiger partial charge on any atom is 0.210 e. The van der Waals surface area contributed by atoms with Gasteiger partial charge in [0.1, 0.15) is 0 Å². The van der Waals surface area contributed by atoms with E-state index in [2.05, 4.69) is 22.4 Å². The van der Waals surface area contributed by atoms with Crippen LogP contribution in [0.25, 0.3) is 0 Å². The molecule has 1 aromatic heterocycles. The Bertz CT molecular complexity index is 459. The molecule has 0 aliphatic heterocycles. The van der Waals surface area contributed by atoms with Crippen LogP contribution in [-0.4, -0.2) is 16.0 Å². The number of para-hydroxylation sites is 1. The van der Waals surface area contributed by atoms with Crippen LogP contribution in [0.4, 0.5) is 10.8 Å². The lowest BCUT2D eigenvalue weighted by Gasteiger charge is -1.99. The Hall–Kier alpha value is -0.720. The zero-order valence-corrected chi connectivity index (χ0v) is 12.6. The third-order valence-electron chi connectivity index (χ3n) is 2.14. The van der Waals surface area contributed by atoms with Gasteiger partial charge in [0.15, 0.2) is 4.34 Å². The van der Waals surface area contributed by atoms with E-state index < -0.39 is 0 Å². The number of rotatable bonds is 7. The van der Waals surface area contributed by atoms with E-state index in [0.717, 1.165) is 15.2 Å². The Morgan fingerprint density at radius 3 is 2.83 bits per heavy atom. The lowest BCUT2D eigenvalue weighted by Crippen LogP contribution is -1.87. The molecule has 0 unspecified atom stereocenters. The fraction of sp³-hybridized carbons (Fsp3) is 0.333. The summed E-state index contributed by atoms with van der Waals surface area (Å²) in [4.78, 5) is 0. The van der Waals surface area contributed by atoms with E-state index >= 15 is 0 Å². The summed E-state index contributed by atoms with van der Waals surface area (Å²) in [5, 5.41) is 12.4. The van der Waals surface area contributed by atoms with Crippen LogP contribution in [0.2, 0.25) is 0 Å². The quantitative estimate of drug-likeness (QED) is 0.585. The summed E-state index contributed by atoms with van der Waals surface area (Å²) in [6.07, 6.45) is 2.50. The maximum absolute atomic E-state index is 4.16. The number of hydrogen-bond acceptors (Lipinski definition) is 6. The molecule has 2 aromatic rings. The number of aromatic nitrogens is 2. The minimum atomic E-state index is 0.847. The molecule has 96 valence electrons. The fourth-order valence-electron chi connectivity index (χ4n) is 1.23. The SMILES string of the molecule is CCCCSSc1nnc(Nc2ccccc2)s1. The molecule has 0 spiro atoms. The highest BCUT2D eigenvalue weighted by molar-refractivity contribution is 8.77. The molecule has 18 heavy (non-hydrogen) atoms. The maximum atomic E-state index is 4.16. The zero-order valence-electron chi connectivity index (χ0n) is 10.1. The van der Waals surface area contributed by atoms with E-state index in [1.54, 1.807) is 22.1 Å².